The monoisotopic (exact) mass is 341 g/mol. The highest BCUT2D eigenvalue weighted by Gasteiger charge is 2.10. The number of ether oxygens (including phenoxy) is 2. The summed E-state index contributed by atoms with van der Waals surface area (Å²) >= 11 is 6.18. The fraction of sp³-hybridized carbons (Fsp3) is 0.105. The van der Waals surface area contributed by atoms with Crippen LogP contribution in [0.25, 0.3) is 10.8 Å². The first-order valence-corrected chi connectivity index (χ1v) is 7.80. The Morgan fingerprint density at radius 1 is 0.958 bits per heavy atom. The molecule has 0 aliphatic carbocycles. The molecule has 24 heavy (non-hydrogen) atoms. The molecule has 0 fully saturated rings. The van der Waals surface area contributed by atoms with Crippen LogP contribution in [0.2, 0.25) is 5.02 Å². The number of methoxy groups -OCH3 is 1. The van der Waals surface area contributed by atoms with Crippen molar-refractivity contribution in [3.63, 3.8) is 0 Å². The number of fused-ring (bicyclic) bond motifs is 1. The van der Waals surface area contributed by atoms with Gasteiger partial charge in [-0.3, -0.25) is 4.79 Å². The number of hydrogen-bond donors (Lipinski definition) is 1. The topological polar surface area (TPSA) is 47.6 Å². The predicted molar refractivity (Wildman–Crippen MR) is 96.1 cm³/mol. The van der Waals surface area contributed by atoms with Crippen molar-refractivity contribution in [1.82, 2.24) is 0 Å². The first-order chi connectivity index (χ1) is 11.7. The number of halogens is 1. The minimum atomic E-state index is -0.265. The smallest absolute Gasteiger partial charge is 0.262 e. The molecule has 0 saturated carbocycles. The number of benzene rings is 3. The van der Waals surface area contributed by atoms with Gasteiger partial charge in [0.25, 0.3) is 5.91 Å². The molecule has 0 bridgehead atoms. The summed E-state index contributed by atoms with van der Waals surface area (Å²) in [6, 6.07) is 18.4. The molecule has 3 rings (SSSR count). The van der Waals surface area contributed by atoms with Crippen molar-refractivity contribution in [1.29, 1.82) is 0 Å². The third-order valence-corrected chi connectivity index (χ3v) is 3.90. The maximum absolute atomic E-state index is 12.1. The van der Waals surface area contributed by atoms with E-state index in [4.69, 9.17) is 21.1 Å². The van der Waals surface area contributed by atoms with Gasteiger partial charge < -0.3 is 14.8 Å². The number of nitrogens with one attached hydrogen (secondary N) is 1. The van der Waals surface area contributed by atoms with Crippen LogP contribution in [0.15, 0.2) is 60.7 Å². The fourth-order valence-corrected chi connectivity index (χ4v) is 2.67. The number of rotatable bonds is 5. The highest BCUT2D eigenvalue weighted by Crippen LogP contribution is 2.31. The zero-order valence-electron chi connectivity index (χ0n) is 13.1. The van der Waals surface area contributed by atoms with E-state index < -0.39 is 0 Å². The van der Waals surface area contributed by atoms with Crippen molar-refractivity contribution >= 4 is 34.0 Å². The summed E-state index contributed by atoms with van der Waals surface area (Å²) < 4.78 is 10.9. The summed E-state index contributed by atoms with van der Waals surface area (Å²) in [5.74, 6) is 0.950. The summed E-state index contributed by atoms with van der Waals surface area (Å²) in [5, 5.41) is 5.19. The average Bonchev–Trinajstić information content (AvgIpc) is 2.62. The van der Waals surface area contributed by atoms with Gasteiger partial charge in [0.05, 0.1) is 12.8 Å². The lowest BCUT2D eigenvalue weighted by Crippen LogP contribution is -2.20. The zero-order chi connectivity index (χ0) is 16.9. The Bertz CT molecular complexity index is 879. The van der Waals surface area contributed by atoms with Crippen molar-refractivity contribution in [3.05, 3.63) is 65.7 Å². The molecule has 0 heterocycles. The number of para-hydroxylation sites is 2. The summed E-state index contributed by atoms with van der Waals surface area (Å²) in [4.78, 5) is 12.1. The predicted octanol–water partition coefficient (Wildman–Crippen LogP) is 4.52. The normalized spacial score (nSPS) is 10.4. The quantitative estimate of drug-likeness (QED) is 0.742. The molecule has 0 spiro atoms. The van der Waals surface area contributed by atoms with E-state index in [-0.39, 0.29) is 12.5 Å². The Morgan fingerprint density at radius 2 is 1.67 bits per heavy atom. The minimum Gasteiger partial charge on any atom is -0.495 e. The largest absolute Gasteiger partial charge is 0.495 e. The van der Waals surface area contributed by atoms with Crippen molar-refractivity contribution in [2.24, 2.45) is 0 Å². The van der Waals surface area contributed by atoms with Gasteiger partial charge in [-0.2, -0.15) is 0 Å². The van der Waals surface area contributed by atoms with Gasteiger partial charge in [-0.05, 0) is 24.3 Å². The van der Waals surface area contributed by atoms with Crippen LogP contribution < -0.4 is 14.8 Å². The molecule has 0 saturated heterocycles. The van der Waals surface area contributed by atoms with Gasteiger partial charge in [-0.25, -0.2) is 0 Å². The van der Waals surface area contributed by atoms with E-state index in [2.05, 4.69) is 5.32 Å². The fourth-order valence-electron chi connectivity index (χ4n) is 2.44. The Morgan fingerprint density at radius 3 is 2.46 bits per heavy atom. The maximum Gasteiger partial charge on any atom is 0.262 e. The molecule has 3 aromatic rings. The maximum atomic E-state index is 12.1. The van der Waals surface area contributed by atoms with E-state index in [0.717, 1.165) is 10.8 Å². The van der Waals surface area contributed by atoms with Gasteiger partial charge in [0, 0.05) is 15.8 Å². The lowest BCUT2D eigenvalue weighted by Gasteiger charge is -2.12. The van der Waals surface area contributed by atoms with Crippen LogP contribution in [-0.2, 0) is 4.79 Å². The van der Waals surface area contributed by atoms with E-state index >= 15 is 0 Å². The highest BCUT2D eigenvalue weighted by molar-refractivity contribution is 6.35. The molecule has 0 radical (unpaired) electrons. The second-order valence-electron chi connectivity index (χ2n) is 5.13. The molecule has 0 atom stereocenters. The minimum absolute atomic E-state index is 0.107. The Labute approximate surface area is 145 Å². The van der Waals surface area contributed by atoms with Crippen LogP contribution in [-0.4, -0.2) is 19.6 Å². The summed E-state index contributed by atoms with van der Waals surface area (Å²) in [6.45, 7) is -0.107. The first kappa shape index (κ1) is 16.1. The van der Waals surface area contributed by atoms with E-state index in [9.17, 15) is 4.79 Å². The molecular weight excluding hydrogens is 326 g/mol. The third-order valence-electron chi connectivity index (χ3n) is 3.57. The zero-order valence-corrected chi connectivity index (χ0v) is 13.8. The Kier molecular flexibility index (Phi) is 4.87. The summed E-state index contributed by atoms with van der Waals surface area (Å²) in [5.41, 5.74) is 0.606. The molecule has 0 aliphatic heterocycles. The average molecular weight is 342 g/mol. The second-order valence-corrected chi connectivity index (χ2v) is 5.54. The molecule has 3 aromatic carbocycles. The number of anilines is 1. The van der Waals surface area contributed by atoms with Crippen molar-refractivity contribution in [2.75, 3.05) is 19.0 Å². The molecule has 0 aromatic heterocycles. The van der Waals surface area contributed by atoms with Crippen LogP contribution in [0, 0.1) is 0 Å². The van der Waals surface area contributed by atoms with E-state index in [1.807, 2.05) is 36.4 Å². The second kappa shape index (κ2) is 7.23. The van der Waals surface area contributed by atoms with Gasteiger partial charge >= 0.3 is 0 Å². The van der Waals surface area contributed by atoms with Crippen LogP contribution in [0.5, 0.6) is 11.5 Å². The highest BCUT2D eigenvalue weighted by atomic mass is 35.5. The van der Waals surface area contributed by atoms with Gasteiger partial charge in [0.15, 0.2) is 6.61 Å². The lowest BCUT2D eigenvalue weighted by molar-refractivity contribution is -0.118. The molecule has 1 amide bonds. The molecular formula is C19H16ClNO3. The van der Waals surface area contributed by atoms with Crippen LogP contribution in [0.1, 0.15) is 0 Å². The first-order valence-electron chi connectivity index (χ1n) is 7.42. The molecule has 122 valence electrons. The SMILES string of the molecule is COc1ccccc1NC(=O)COc1ccc(Cl)c2ccccc12. The van der Waals surface area contributed by atoms with Gasteiger partial charge in [-0.15, -0.1) is 0 Å². The number of carbonyl (C=O) groups is 1. The van der Waals surface area contributed by atoms with Crippen LogP contribution in [0.4, 0.5) is 5.69 Å². The standard InChI is InChI=1S/C19H16ClNO3/c1-23-18-9-5-4-8-16(18)21-19(22)12-24-17-11-10-15(20)13-6-2-3-7-14(13)17/h2-11H,12H2,1H3,(H,21,22). The summed E-state index contributed by atoms with van der Waals surface area (Å²) in [7, 11) is 1.56. The Hall–Kier alpha value is -2.72. The third kappa shape index (κ3) is 3.44. The van der Waals surface area contributed by atoms with E-state index in [1.54, 1.807) is 31.4 Å². The van der Waals surface area contributed by atoms with Crippen molar-refractivity contribution in [2.45, 2.75) is 0 Å². The Balaban J connectivity index is 1.72. The number of carbonyl (C=O) groups excluding carboxylic acids is 1. The lowest BCUT2D eigenvalue weighted by atomic mass is 10.1. The number of hydrogen-bond acceptors (Lipinski definition) is 3. The van der Waals surface area contributed by atoms with Crippen LogP contribution >= 0.6 is 11.6 Å². The van der Waals surface area contributed by atoms with Gasteiger partial charge in [0.1, 0.15) is 11.5 Å². The molecule has 0 unspecified atom stereocenters. The molecule has 0 aliphatic rings. The molecule has 5 heteroatoms. The van der Waals surface area contributed by atoms with Gasteiger partial charge in [0.2, 0.25) is 0 Å². The van der Waals surface area contributed by atoms with Crippen molar-refractivity contribution < 1.29 is 14.3 Å². The van der Waals surface area contributed by atoms with E-state index in [0.29, 0.717) is 22.2 Å². The molecule has 4 nitrogen and oxygen atoms in total. The number of amides is 1. The van der Waals surface area contributed by atoms with Gasteiger partial charge in [-0.1, -0.05) is 48.0 Å². The van der Waals surface area contributed by atoms with Crippen molar-refractivity contribution in [3.8, 4) is 11.5 Å². The summed E-state index contributed by atoms with van der Waals surface area (Å²) in [6.07, 6.45) is 0. The van der Waals surface area contributed by atoms with E-state index in [1.165, 1.54) is 0 Å². The molecule has 1 N–H and O–H groups in total. The van der Waals surface area contributed by atoms with Crippen LogP contribution in [0.3, 0.4) is 0 Å².